The first-order chi connectivity index (χ1) is 7.81. The lowest BCUT2D eigenvalue weighted by Crippen LogP contribution is -2.15. The highest BCUT2D eigenvalue weighted by atomic mass is 16.4. The van der Waals surface area contributed by atoms with Crippen molar-refractivity contribution in [2.45, 2.75) is 38.8 Å². The smallest absolute Gasteiger partial charge is 0.315 e. The van der Waals surface area contributed by atoms with Gasteiger partial charge >= 0.3 is 6.01 Å². The Kier molecular flexibility index (Phi) is 2.55. The molecule has 5 heteroatoms. The van der Waals surface area contributed by atoms with Gasteiger partial charge in [0.25, 0.3) is 0 Å². The van der Waals surface area contributed by atoms with Gasteiger partial charge in [-0.15, -0.1) is 5.10 Å². The molecule has 2 atom stereocenters. The maximum Gasteiger partial charge on any atom is 0.315 e. The van der Waals surface area contributed by atoms with Crippen molar-refractivity contribution in [2.24, 2.45) is 11.8 Å². The number of nitrogens with one attached hydrogen (secondary N) is 2. The minimum atomic E-state index is 0.562. The predicted octanol–water partition coefficient (Wildman–Crippen LogP) is 1.39. The first-order valence-corrected chi connectivity index (χ1v) is 6.11. The average Bonchev–Trinajstić information content (AvgIpc) is 3.17. The molecule has 0 aromatic carbocycles. The molecule has 0 spiro atoms. The molecule has 88 valence electrons. The zero-order chi connectivity index (χ0) is 11.0. The summed E-state index contributed by atoms with van der Waals surface area (Å²) < 4.78 is 5.48. The van der Waals surface area contributed by atoms with Gasteiger partial charge in [0.2, 0.25) is 5.89 Å². The Morgan fingerprint density at radius 1 is 1.38 bits per heavy atom. The highest BCUT2D eigenvalue weighted by Gasteiger charge is 2.32. The molecular weight excluding hydrogens is 204 g/mol. The van der Waals surface area contributed by atoms with Crippen molar-refractivity contribution in [3.05, 3.63) is 5.89 Å². The van der Waals surface area contributed by atoms with Crippen molar-refractivity contribution in [2.75, 3.05) is 11.9 Å². The molecule has 2 unspecified atom stereocenters. The Hall–Kier alpha value is -1.10. The van der Waals surface area contributed by atoms with Crippen LogP contribution < -0.4 is 10.6 Å². The van der Waals surface area contributed by atoms with E-state index in [1.807, 2.05) is 0 Å². The Balaban J connectivity index is 1.43. The summed E-state index contributed by atoms with van der Waals surface area (Å²) in [6, 6.07) is 1.24. The van der Waals surface area contributed by atoms with E-state index < -0.39 is 0 Å². The molecule has 2 aliphatic rings. The zero-order valence-electron chi connectivity index (χ0n) is 9.57. The van der Waals surface area contributed by atoms with Crippen LogP contribution in [-0.4, -0.2) is 22.8 Å². The Morgan fingerprint density at radius 3 is 2.88 bits per heavy atom. The molecule has 0 radical (unpaired) electrons. The highest BCUT2D eigenvalue weighted by molar-refractivity contribution is 5.18. The second kappa shape index (κ2) is 4.05. The Bertz CT molecular complexity index is 361. The first-order valence-electron chi connectivity index (χ1n) is 6.11. The van der Waals surface area contributed by atoms with Gasteiger partial charge in [0.1, 0.15) is 0 Å². The van der Waals surface area contributed by atoms with Crippen molar-refractivity contribution < 1.29 is 4.42 Å². The van der Waals surface area contributed by atoms with E-state index in [1.54, 1.807) is 0 Å². The number of hydrogen-bond donors (Lipinski definition) is 2. The molecule has 2 aliphatic carbocycles. The summed E-state index contributed by atoms with van der Waals surface area (Å²) in [6.45, 7) is 3.92. The second-order valence-corrected chi connectivity index (χ2v) is 5.01. The van der Waals surface area contributed by atoms with Crippen LogP contribution in [0.3, 0.4) is 0 Å². The van der Waals surface area contributed by atoms with Crippen molar-refractivity contribution in [3.8, 4) is 0 Å². The molecule has 16 heavy (non-hydrogen) atoms. The summed E-state index contributed by atoms with van der Waals surface area (Å²) >= 11 is 0. The molecule has 0 aliphatic heterocycles. The van der Waals surface area contributed by atoms with Gasteiger partial charge in [-0.05, 0) is 31.1 Å². The summed E-state index contributed by atoms with van der Waals surface area (Å²) in [4.78, 5) is 0. The normalized spacial score (nSPS) is 28.1. The van der Waals surface area contributed by atoms with Gasteiger partial charge in [-0.1, -0.05) is 12.0 Å². The summed E-state index contributed by atoms with van der Waals surface area (Å²) in [7, 11) is 0. The third-order valence-electron chi connectivity index (χ3n) is 3.38. The standard InChI is InChI=1S/C11H18N4O/c1-7-4-8(7)5-13-11-15-14-10(16-11)6-12-9-2-3-9/h7-9,12H,2-6H2,1H3,(H,13,15). The van der Waals surface area contributed by atoms with Gasteiger partial charge in [0, 0.05) is 12.6 Å². The molecule has 2 fully saturated rings. The molecule has 3 rings (SSSR count). The SMILES string of the molecule is CC1CC1CNc1nnc(CNC2CC2)o1. The van der Waals surface area contributed by atoms with Gasteiger partial charge < -0.3 is 15.1 Å². The fourth-order valence-electron chi connectivity index (χ4n) is 1.82. The lowest BCUT2D eigenvalue weighted by molar-refractivity contribution is 0.475. The van der Waals surface area contributed by atoms with Crippen molar-refractivity contribution >= 4 is 6.01 Å². The van der Waals surface area contributed by atoms with E-state index in [2.05, 4.69) is 27.8 Å². The van der Waals surface area contributed by atoms with E-state index in [9.17, 15) is 0 Å². The van der Waals surface area contributed by atoms with Gasteiger partial charge in [0.05, 0.1) is 6.54 Å². The molecule has 5 nitrogen and oxygen atoms in total. The summed E-state index contributed by atoms with van der Waals surface area (Å²) in [6.07, 6.45) is 3.87. The summed E-state index contributed by atoms with van der Waals surface area (Å²) in [5, 5.41) is 14.5. The molecule has 1 heterocycles. The molecule has 0 saturated heterocycles. The summed E-state index contributed by atoms with van der Waals surface area (Å²) in [5.41, 5.74) is 0. The van der Waals surface area contributed by atoms with E-state index in [0.29, 0.717) is 24.5 Å². The first kappa shape index (κ1) is 10.1. The van der Waals surface area contributed by atoms with Gasteiger partial charge in [-0.25, -0.2) is 0 Å². The Labute approximate surface area is 95.0 Å². The molecule has 2 saturated carbocycles. The minimum absolute atomic E-state index is 0.562. The second-order valence-electron chi connectivity index (χ2n) is 5.01. The number of aromatic nitrogens is 2. The van der Waals surface area contributed by atoms with Gasteiger partial charge in [-0.2, -0.15) is 0 Å². The average molecular weight is 222 g/mol. The predicted molar refractivity (Wildman–Crippen MR) is 59.9 cm³/mol. The molecular formula is C11H18N4O. The van der Waals surface area contributed by atoms with Crippen molar-refractivity contribution in [3.63, 3.8) is 0 Å². The topological polar surface area (TPSA) is 63.0 Å². The molecule has 1 aromatic heterocycles. The molecule has 1 aromatic rings. The fraction of sp³-hybridized carbons (Fsp3) is 0.818. The van der Waals surface area contributed by atoms with Crippen LogP contribution in [0, 0.1) is 11.8 Å². The van der Waals surface area contributed by atoms with E-state index in [-0.39, 0.29) is 0 Å². The van der Waals surface area contributed by atoms with Crippen LogP contribution in [0.4, 0.5) is 6.01 Å². The fourth-order valence-corrected chi connectivity index (χ4v) is 1.82. The number of anilines is 1. The van der Waals surface area contributed by atoms with Crippen LogP contribution in [0.2, 0.25) is 0 Å². The van der Waals surface area contributed by atoms with E-state index in [0.717, 1.165) is 18.4 Å². The number of hydrogen-bond acceptors (Lipinski definition) is 5. The van der Waals surface area contributed by atoms with E-state index in [4.69, 9.17) is 4.42 Å². The third kappa shape index (κ3) is 2.52. The van der Waals surface area contributed by atoms with Crippen molar-refractivity contribution in [1.29, 1.82) is 0 Å². The summed E-state index contributed by atoms with van der Waals surface area (Å²) in [5.74, 6) is 2.32. The van der Waals surface area contributed by atoms with Crippen LogP contribution in [0.25, 0.3) is 0 Å². The third-order valence-corrected chi connectivity index (χ3v) is 3.38. The molecule has 2 N–H and O–H groups in total. The van der Waals surface area contributed by atoms with Crippen molar-refractivity contribution in [1.82, 2.24) is 15.5 Å². The zero-order valence-corrected chi connectivity index (χ0v) is 9.57. The Morgan fingerprint density at radius 2 is 2.19 bits per heavy atom. The van der Waals surface area contributed by atoms with Crippen LogP contribution in [0.5, 0.6) is 0 Å². The van der Waals surface area contributed by atoms with Gasteiger partial charge in [-0.3, -0.25) is 0 Å². The minimum Gasteiger partial charge on any atom is -0.407 e. The molecule has 0 amide bonds. The highest BCUT2D eigenvalue weighted by Crippen LogP contribution is 2.37. The van der Waals surface area contributed by atoms with E-state index >= 15 is 0 Å². The van der Waals surface area contributed by atoms with Gasteiger partial charge in [0.15, 0.2) is 0 Å². The molecule has 0 bridgehead atoms. The maximum atomic E-state index is 5.48. The number of nitrogens with zero attached hydrogens (tertiary/aromatic N) is 2. The lowest BCUT2D eigenvalue weighted by Gasteiger charge is -1.98. The van der Waals surface area contributed by atoms with Crippen LogP contribution >= 0.6 is 0 Å². The maximum absolute atomic E-state index is 5.48. The number of rotatable bonds is 6. The quantitative estimate of drug-likeness (QED) is 0.761. The van der Waals surface area contributed by atoms with Crippen LogP contribution in [-0.2, 0) is 6.54 Å². The van der Waals surface area contributed by atoms with Crippen LogP contribution in [0.1, 0.15) is 32.1 Å². The van der Waals surface area contributed by atoms with Crippen LogP contribution in [0.15, 0.2) is 4.42 Å². The largest absolute Gasteiger partial charge is 0.407 e. The van der Waals surface area contributed by atoms with E-state index in [1.165, 1.54) is 19.3 Å². The monoisotopic (exact) mass is 222 g/mol. The lowest BCUT2D eigenvalue weighted by atomic mass is 10.3.